The minimum Gasteiger partial charge on any atom is -0.462 e. The molecule has 3 rings (SSSR count). The smallest absolute Gasteiger partial charge is 0.339 e. The number of anilines is 3. The van der Waals surface area contributed by atoms with Gasteiger partial charge in [-0.25, -0.2) is 19.7 Å². The highest BCUT2D eigenvalue weighted by molar-refractivity contribution is 7.98. The van der Waals surface area contributed by atoms with Gasteiger partial charge in [-0.05, 0) is 43.0 Å². The Morgan fingerprint density at radius 1 is 1.10 bits per heavy atom. The molecule has 0 atom stereocenters. The van der Waals surface area contributed by atoms with Crippen molar-refractivity contribution in [2.75, 3.05) is 23.5 Å². The highest BCUT2D eigenvalue weighted by Gasteiger charge is 2.09. The Bertz CT molecular complexity index is 968. The fraction of sp³-hybridized carbons (Fsp3) is 0.200. The predicted octanol–water partition coefficient (Wildman–Crippen LogP) is 4.78. The van der Waals surface area contributed by atoms with Gasteiger partial charge in [0.1, 0.15) is 17.5 Å². The van der Waals surface area contributed by atoms with Crippen molar-refractivity contribution >= 4 is 46.8 Å². The quantitative estimate of drug-likeness (QED) is 0.300. The molecule has 0 amide bonds. The molecule has 0 saturated carbocycles. The van der Waals surface area contributed by atoms with Crippen LogP contribution in [0.3, 0.4) is 0 Å². The molecule has 0 aliphatic heterocycles. The molecule has 0 saturated heterocycles. The Labute approximate surface area is 178 Å². The summed E-state index contributed by atoms with van der Waals surface area (Å²) in [6.45, 7) is 2.69. The second-order valence-electron chi connectivity index (χ2n) is 5.88. The molecule has 0 radical (unpaired) electrons. The Hall–Kier alpha value is -2.84. The summed E-state index contributed by atoms with van der Waals surface area (Å²) in [7, 11) is 0. The highest BCUT2D eigenvalue weighted by Crippen LogP contribution is 2.21. The van der Waals surface area contributed by atoms with Crippen LogP contribution in [-0.4, -0.2) is 33.8 Å². The lowest BCUT2D eigenvalue weighted by atomic mass is 10.2. The first-order valence-corrected chi connectivity index (χ1v) is 10.5. The van der Waals surface area contributed by atoms with E-state index in [-0.39, 0.29) is 0 Å². The lowest BCUT2D eigenvalue weighted by Crippen LogP contribution is -2.07. The molecule has 0 aliphatic rings. The van der Waals surface area contributed by atoms with Crippen LogP contribution in [0.25, 0.3) is 0 Å². The number of carbonyl (C=O) groups is 1. The van der Waals surface area contributed by atoms with Crippen molar-refractivity contribution in [1.82, 2.24) is 15.0 Å². The highest BCUT2D eigenvalue weighted by atomic mass is 35.5. The molecule has 0 unspecified atom stereocenters. The van der Waals surface area contributed by atoms with Gasteiger partial charge < -0.3 is 15.4 Å². The van der Waals surface area contributed by atoms with Crippen LogP contribution >= 0.6 is 23.4 Å². The maximum Gasteiger partial charge on any atom is 0.339 e. The zero-order valence-electron chi connectivity index (χ0n) is 16.0. The van der Waals surface area contributed by atoms with Gasteiger partial charge in [0, 0.05) is 23.8 Å². The van der Waals surface area contributed by atoms with E-state index in [1.165, 1.54) is 18.0 Å². The standard InChI is InChI=1S/C20H20ClN5O2S/c1-3-28-19(27)14-6-9-16(23-12-14)24-18-10-17(25-20(26-18)29-2)22-11-13-4-7-15(21)8-5-13/h4-10,12H,3,11H2,1-2H3,(H2,22,23,24,25,26). The van der Waals surface area contributed by atoms with Gasteiger partial charge in [-0.3, -0.25) is 0 Å². The second-order valence-corrected chi connectivity index (χ2v) is 7.09. The molecule has 9 heteroatoms. The molecular weight excluding hydrogens is 410 g/mol. The molecule has 2 aromatic heterocycles. The van der Waals surface area contributed by atoms with Gasteiger partial charge in [-0.2, -0.15) is 0 Å². The summed E-state index contributed by atoms with van der Waals surface area (Å²) in [6.07, 6.45) is 3.38. The summed E-state index contributed by atoms with van der Waals surface area (Å²) >= 11 is 7.37. The molecule has 2 N–H and O–H groups in total. The van der Waals surface area contributed by atoms with Crippen LogP contribution in [0.1, 0.15) is 22.8 Å². The molecule has 0 aliphatic carbocycles. The Kier molecular flexibility index (Phi) is 7.26. The summed E-state index contributed by atoms with van der Waals surface area (Å²) in [5, 5.41) is 7.75. The number of nitrogens with zero attached hydrogens (tertiary/aromatic N) is 3. The van der Waals surface area contributed by atoms with Crippen molar-refractivity contribution in [2.24, 2.45) is 0 Å². The van der Waals surface area contributed by atoms with Crippen molar-refractivity contribution in [3.05, 3.63) is 64.8 Å². The number of carbonyl (C=O) groups excluding carboxylic acids is 1. The number of hydrogen-bond donors (Lipinski definition) is 2. The van der Waals surface area contributed by atoms with Crippen LogP contribution in [0.5, 0.6) is 0 Å². The number of nitrogens with one attached hydrogen (secondary N) is 2. The van der Waals surface area contributed by atoms with Gasteiger partial charge in [-0.15, -0.1) is 0 Å². The summed E-state index contributed by atoms with van der Waals surface area (Å²) < 4.78 is 4.96. The summed E-state index contributed by atoms with van der Waals surface area (Å²) in [6, 6.07) is 12.8. The van der Waals surface area contributed by atoms with Crippen LogP contribution in [0, 0.1) is 0 Å². The van der Waals surface area contributed by atoms with E-state index in [1.807, 2.05) is 30.5 Å². The molecule has 29 heavy (non-hydrogen) atoms. The first-order chi connectivity index (χ1) is 14.1. The molecule has 2 heterocycles. The molecule has 0 bridgehead atoms. The van der Waals surface area contributed by atoms with Gasteiger partial charge in [-0.1, -0.05) is 35.5 Å². The van der Waals surface area contributed by atoms with Crippen molar-refractivity contribution in [2.45, 2.75) is 18.6 Å². The van der Waals surface area contributed by atoms with Crippen LogP contribution < -0.4 is 10.6 Å². The monoisotopic (exact) mass is 429 g/mol. The van der Waals surface area contributed by atoms with E-state index in [1.54, 1.807) is 25.1 Å². The third-order valence-corrected chi connectivity index (χ3v) is 4.61. The first-order valence-electron chi connectivity index (χ1n) is 8.89. The van der Waals surface area contributed by atoms with Gasteiger partial charge in [0.25, 0.3) is 0 Å². The predicted molar refractivity (Wildman–Crippen MR) is 116 cm³/mol. The second kappa shape index (κ2) is 10.1. The SMILES string of the molecule is CCOC(=O)c1ccc(Nc2cc(NCc3ccc(Cl)cc3)nc(SC)n2)nc1. The Morgan fingerprint density at radius 3 is 2.52 bits per heavy atom. The van der Waals surface area contributed by atoms with Gasteiger partial charge in [0.05, 0.1) is 12.2 Å². The number of aromatic nitrogens is 3. The van der Waals surface area contributed by atoms with Gasteiger partial charge >= 0.3 is 5.97 Å². The number of benzene rings is 1. The molecule has 3 aromatic rings. The first kappa shape index (κ1) is 20.9. The minimum atomic E-state index is -0.396. The van der Waals surface area contributed by atoms with Gasteiger partial charge in [0.15, 0.2) is 5.16 Å². The average molecular weight is 430 g/mol. The number of thioether (sulfide) groups is 1. The number of esters is 1. The third-order valence-electron chi connectivity index (χ3n) is 3.81. The topological polar surface area (TPSA) is 89.0 Å². The molecule has 0 fully saturated rings. The number of pyridine rings is 1. The zero-order chi connectivity index (χ0) is 20.6. The number of hydrogen-bond acceptors (Lipinski definition) is 8. The van der Waals surface area contributed by atoms with E-state index in [4.69, 9.17) is 16.3 Å². The fourth-order valence-electron chi connectivity index (χ4n) is 2.40. The fourth-order valence-corrected chi connectivity index (χ4v) is 2.91. The lowest BCUT2D eigenvalue weighted by molar-refractivity contribution is 0.0526. The maximum absolute atomic E-state index is 11.7. The van der Waals surface area contributed by atoms with Crippen molar-refractivity contribution < 1.29 is 9.53 Å². The number of halogens is 1. The Morgan fingerprint density at radius 2 is 1.86 bits per heavy atom. The maximum atomic E-state index is 11.7. The van der Waals surface area contributed by atoms with E-state index in [9.17, 15) is 4.79 Å². The van der Waals surface area contributed by atoms with Gasteiger partial charge in [0.2, 0.25) is 0 Å². The van der Waals surface area contributed by atoms with E-state index in [0.29, 0.717) is 46.3 Å². The van der Waals surface area contributed by atoms with E-state index >= 15 is 0 Å². The molecule has 7 nitrogen and oxygen atoms in total. The molecule has 1 aromatic carbocycles. The molecule has 0 spiro atoms. The third kappa shape index (κ3) is 6.07. The normalized spacial score (nSPS) is 10.4. The minimum absolute atomic E-state index is 0.322. The summed E-state index contributed by atoms with van der Waals surface area (Å²) in [4.78, 5) is 24.9. The van der Waals surface area contributed by atoms with Crippen LogP contribution in [0.4, 0.5) is 17.5 Å². The largest absolute Gasteiger partial charge is 0.462 e. The van der Waals surface area contributed by atoms with Crippen molar-refractivity contribution in [3.63, 3.8) is 0 Å². The van der Waals surface area contributed by atoms with Crippen molar-refractivity contribution in [1.29, 1.82) is 0 Å². The van der Waals surface area contributed by atoms with E-state index < -0.39 is 5.97 Å². The number of ether oxygens (including phenoxy) is 1. The van der Waals surface area contributed by atoms with Crippen LogP contribution in [-0.2, 0) is 11.3 Å². The Balaban J connectivity index is 1.71. The van der Waals surface area contributed by atoms with E-state index in [2.05, 4.69) is 25.6 Å². The van der Waals surface area contributed by atoms with Crippen molar-refractivity contribution in [3.8, 4) is 0 Å². The summed E-state index contributed by atoms with van der Waals surface area (Å²) in [5.41, 5.74) is 1.49. The van der Waals surface area contributed by atoms with Crippen LogP contribution in [0.15, 0.2) is 53.8 Å². The molecule has 150 valence electrons. The average Bonchev–Trinajstić information content (AvgIpc) is 2.74. The lowest BCUT2D eigenvalue weighted by Gasteiger charge is -2.11. The number of rotatable bonds is 8. The molecular formula is C20H20ClN5O2S. The van der Waals surface area contributed by atoms with E-state index in [0.717, 1.165) is 5.56 Å². The summed E-state index contributed by atoms with van der Waals surface area (Å²) in [5.74, 6) is 1.45. The zero-order valence-corrected chi connectivity index (χ0v) is 17.5. The van der Waals surface area contributed by atoms with Crippen LogP contribution in [0.2, 0.25) is 5.02 Å².